The molecule has 2 amide bonds. The monoisotopic (exact) mass is 323 g/mol. The normalized spacial score (nSPS) is 18.4. The van der Waals surface area contributed by atoms with Gasteiger partial charge in [-0.2, -0.15) is 0 Å². The molecule has 1 unspecified atom stereocenters. The molecule has 1 aromatic rings. The maximum absolute atomic E-state index is 12.4. The minimum absolute atomic E-state index is 0.0800. The lowest BCUT2D eigenvalue weighted by molar-refractivity contribution is 0.131. The van der Waals surface area contributed by atoms with Crippen LogP contribution in [0.25, 0.3) is 0 Å². The third-order valence-electron chi connectivity index (χ3n) is 4.75. The van der Waals surface area contributed by atoms with Crippen LogP contribution in [-0.4, -0.2) is 40.4 Å². The van der Waals surface area contributed by atoms with Gasteiger partial charge in [-0.25, -0.2) is 4.79 Å². The molecule has 1 fully saturated rings. The summed E-state index contributed by atoms with van der Waals surface area (Å²) >= 11 is 0. The lowest BCUT2D eigenvalue weighted by Gasteiger charge is -2.35. The quantitative estimate of drug-likeness (QED) is 0.808. The van der Waals surface area contributed by atoms with Gasteiger partial charge in [-0.15, -0.1) is 0 Å². The molecule has 0 spiro atoms. The average Bonchev–Trinajstić information content (AvgIpc) is 3.03. The zero-order chi connectivity index (χ0) is 16.7. The van der Waals surface area contributed by atoms with Gasteiger partial charge in [0.25, 0.3) is 0 Å². The fourth-order valence-electron chi connectivity index (χ4n) is 3.29. The number of hydrogen-bond donors (Lipinski definition) is 2. The molecule has 130 valence electrons. The molecule has 0 aromatic carbocycles. The van der Waals surface area contributed by atoms with E-state index < -0.39 is 0 Å². The van der Waals surface area contributed by atoms with Crippen LogP contribution < -0.4 is 5.32 Å². The number of aromatic nitrogens is 1. The van der Waals surface area contributed by atoms with E-state index in [1.54, 1.807) is 0 Å². The second-order valence-corrected chi connectivity index (χ2v) is 6.25. The Morgan fingerprint density at radius 3 is 2.96 bits per heavy atom. The number of nitrogens with one attached hydrogen (secondary N) is 1. The zero-order valence-corrected chi connectivity index (χ0v) is 14.3. The minimum Gasteiger partial charge on any atom is -0.396 e. The predicted octanol–water partition coefficient (Wildman–Crippen LogP) is 3.02. The van der Waals surface area contributed by atoms with Crippen molar-refractivity contribution in [3.63, 3.8) is 0 Å². The van der Waals surface area contributed by atoms with Crippen LogP contribution in [0.5, 0.6) is 0 Å². The Morgan fingerprint density at radius 1 is 1.48 bits per heavy atom. The van der Waals surface area contributed by atoms with Gasteiger partial charge in [0.05, 0.1) is 12.2 Å². The Kier molecular flexibility index (Phi) is 6.89. The van der Waals surface area contributed by atoms with Crippen molar-refractivity contribution < 1.29 is 14.4 Å². The smallest absolute Gasteiger partial charge is 0.318 e. The lowest BCUT2D eigenvalue weighted by atomic mass is 9.99. The van der Waals surface area contributed by atoms with E-state index in [1.165, 1.54) is 0 Å². The minimum atomic E-state index is -0.0800. The fraction of sp³-hybridized carbons (Fsp3) is 0.765. The van der Waals surface area contributed by atoms with Gasteiger partial charge < -0.3 is 19.8 Å². The second-order valence-electron chi connectivity index (χ2n) is 6.25. The van der Waals surface area contributed by atoms with Crippen molar-refractivity contribution in [2.45, 2.75) is 70.9 Å². The van der Waals surface area contributed by atoms with Crippen molar-refractivity contribution in [1.82, 2.24) is 15.4 Å². The van der Waals surface area contributed by atoms with Gasteiger partial charge in [-0.1, -0.05) is 19.0 Å². The molecule has 6 heteroatoms. The first-order valence-corrected chi connectivity index (χ1v) is 8.80. The number of aliphatic hydroxyl groups is 1. The molecule has 0 aliphatic carbocycles. The van der Waals surface area contributed by atoms with Crippen LogP contribution in [0.4, 0.5) is 4.79 Å². The number of piperidine rings is 1. The molecule has 1 saturated heterocycles. The Balaban J connectivity index is 1.88. The number of carbonyl (C=O) groups is 1. The van der Waals surface area contributed by atoms with Crippen LogP contribution in [0.2, 0.25) is 0 Å². The number of hydrogen-bond acceptors (Lipinski definition) is 4. The first-order chi connectivity index (χ1) is 11.2. The molecular weight excluding hydrogens is 294 g/mol. The summed E-state index contributed by atoms with van der Waals surface area (Å²) in [7, 11) is 0. The maximum Gasteiger partial charge on any atom is 0.318 e. The molecule has 2 N–H and O–H groups in total. The fourth-order valence-corrected chi connectivity index (χ4v) is 3.29. The number of urea groups is 1. The van der Waals surface area contributed by atoms with Gasteiger partial charge in [-0.3, -0.25) is 0 Å². The summed E-state index contributed by atoms with van der Waals surface area (Å²) in [4.78, 5) is 14.2. The first-order valence-electron chi connectivity index (χ1n) is 8.80. The number of nitrogens with zero attached hydrogens (tertiary/aromatic N) is 2. The van der Waals surface area contributed by atoms with E-state index in [0.717, 1.165) is 44.3 Å². The third kappa shape index (κ3) is 4.70. The molecule has 0 bridgehead atoms. The third-order valence-corrected chi connectivity index (χ3v) is 4.75. The SMILES string of the molecule is CCC(CC)c1cc(CNC(=O)N2CCCCC2CCO)on1. The van der Waals surface area contributed by atoms with Crippen LogP contribution >= 0.6 is 0 Å². The van der Waals surface area contributed by atoms with Gasteiger partial charge in [0, 0.05) is 31.2 Å². The molecule has 23 heavy (non-hydrogen) atoms. The molecular formula is C17H29N3O3. The van der Waals surface area contributed by atoms with E-state index in [2.05, 4.69) is 24.3 Å². The number of aliphatic hydroxyl groups excluding tert-OH is 1. The molecule has 6 nitrogen and oxygen atoms in total. The van der Waals surface area contributed by atoms with Crippen LogP contribution in [-0.2, 0) is 6.54 Å². The van der Waals surface area contributed by atoms with Crippen LogP contribution in [0.3, 0.4) is 0 Å². The highest BCUT2D eigenvalue weighted by atomic mass is 16.5. The Hall–Kier alpha value is -1.56. The van der Waals surface area contributed by atoms with Gasteiger partial charge in [0.2, 0.25) is 0 Å². The second kappa shape index (κ2) is 8.91. The van der Waals surface area contributed by atoms with Crippen molar-refractivity contribution in [1.29, 1.82) is 0 Å². The number of rotatable bonds is 7. The molecule has 1 aliphatic heterocycles. The zero-order valence-electron chi connectivity index (χ0n) is 14.3. The molecule has 2 rings (SSSR count). The van der Waals surface area contributed by atoms with Gasteiger partial charge >= 0.3 is 6.03 Å². The summed E-state index contributed by atoms with van der Waals surface area (Å²) in [5, 5.41) is 16.2. The van der Waals surface area contributed by atoms with Crippen molar-refractivity contribution >= 4 is 6.03 Å². The molecule has 2 heterocycles. The standard InChI is InChI=1S/C17H29N3O3/c1-3-13(4-2)16-11-15(23-19-16)12-18-17(22)20-9-6-5-7-14(20)8-10-21/h11,13-14,21H,3-10,12H2,1-2H3,(H,18,22). The van der Waals surface area contributed by atoms with E-state index in [-0.39, 0.29) is 18.7 Å². The van der Waals surface area contributed by atoms with E-state index in [0.29, 0.717) is 24.6 Å². The van der Waals surface area contributed by atoms with Crippen LogP contribution in [0.15, 0.2) is 10.6 Å². The van der Waals surface area contributed by atoms with Crippen LogP contribution in [0, 0.1) is 0 Å². The summed E-state index contributed by atoms with van der Waals surface area (Å²) in [6.07, 6.45) is 5.83. The summed E-state index contributed by atoms with van der Waals surface area (Å²) in [6.45, 7) is 5.51. The first kappa shape index (κ1) is 17.8. The summed E-state index contributed by atoms with van der Waals surface area (Å²) in [5.74, 6) is 1.11. The summed E-state index contributed by atoms with van der Waals surface area (Å²) in [6, 6.07) is 2.01. The molecule has 1 aromatic heterocycles. The summed E-state index contributed by atoms with van der Waals surface area (Å²) < 4.78 is 5.34. The van der Waals surface area contributed by atoms with E-state index in [9.17, 15) is 4.79 Å². The van der Waals surface area contributed by atoms with E-state index >= 15 is 0 Å². The van der Waals surface area contributed by atoms with Crippen molar-refractivity contribution in [2.75, 3.05) is 13.2 Å². The van der Waals surface area contributed by atoms with E-state index in [4.69, 9.17) is 9.63 Å². The maximum atomic E-state index is 12.4. The lowest BCUT2D eigenvalue weighted by Crippen LogP contribution is -2.48. The largest absolute Gasteiger partial charge is 0.396 e. The topological polar surface area (TPSA) is 78.6 Å². The predicted molar refractivity (Wildman–Crippen MR) is 88.1 cm³/mol. The highest BCUT2D eigenvalue weighted by molar-refractivity contribution is 5.74. The Morgan fingerprint density at radius 2 is 2.26 bits per heavy atom. The Labute approximate surface area is 138 Å². The van der Waals surface area contributed by atoms with Gasteiger partial charge in [0.1, 0.15) is 0 Å². The van der Waals surface area contributed by atoms with Crippen molar-refractivity contribution in [3.05, 3.63) is 17.5 Å². The molecule has 0 radical (unpaired) electrons. The molecule has 1 aliphatic rings. The van der Waals surface area contributed by atoms with Gasteiger partial charge in [0.15, 0.2) is 5.76 Å². The van der Waals surface area contributed by atoms with Crippen molar-refractivity contribution in [2.24, 2.45) is 0 Å². The molecule has 1 atom stereocenters. The average molecular weight is 323 g/mol. The number of amides is 2. The highest BCUT2D eigenvalue weighted by Crippen LogP contribution is 2.23. The van der Waals surface area contributed by atoms with Crippen LogP contribution in [0.1, 0.15) is 69.7 Å². The van der Waals surface area contributed by atoms with Crippen molar-refractivity contribution in [3.8, 4) is 0 Å². The number of likely N-dealkylation sites (tertiary alicyclic amines) is 1. The molecule has 0 saturated carbocycles. The number of carbonyl (C=O) groups excluding carboxylic acids is 1. The van der Waals surface area contributed by atoms with Gasteiger partial charge in [-0.05, 0) is 38.5 Å². The Bertz CT molecular complexity index is 483. The van der Waals surface area contributed by atoms with E-state index in [1.807, 2.05) is 11.0 Å². The highest BCUT2D eigenvalue weighted by Gasteiger charge is 2.26. The summed E-state index contributed by atoms with van der Waals surface area (Å²) in [5.41, 5.74) is 0.968.